The summed E-state index contributed by atoms with van der Waals surface area (Å²) in [6, 6.07) is 8.26. The quantitative estimate of drug-likeness (QED) is 0.525. The molecule has 1 aliphatic carbocycles. The number of carbonyl (C=O) groups is 2. The van der Waals surface area contributed by atoms with Crippen LogP contribution in [0, 0.1) is 29.1 Å². The lowest BCUT2D eigenvalue weighted by Crippen LogP contribution is -2.38. The van der Waals surface area contributed by atoms with E-state index in [0.29, 0.717) is 24.3 Å². The van der Waals surface area contributed by atoms with Crippen molar-refractivity contribution in [1.29, 1.82) is 0 Å². The van der Waals surface area contributed by atoms with E-state index in [1.807, 2.05) is 19.9 Å². The van der Waals surface area contributed by atoms with Crippen molar-refractivity contribution in [2.75, 3.05) is 6.54 Å². The van der Waals surface area contributed by atoms with E-state index in [4.69, 9.17) is 10.1 Å². The van der Waals surface area contributed by atoms with Gasteiger partial charge in [-0.2, -0.15) is 0 Å². The SMILES string of the molecule is CC1=C[C@@H](CNC(=O)CC(C)(C)CC(=O)O)[C@H](C(C)C)C[C@H]1Cc1nc2ccccc2n1C. The Morgan fingerprint density at radius 1 is 1.24 bits per heavy atom. The molecule has 0 spiro atoms. The average molecular weight is 454 g/mol. The molecule has 0 bridgehead atoms. The van der Waals surface area contributed by atoms with Crippen molar-refractivity contribution >= 4 is 22.9 Å². The molecule has 6 heteroatoms. The Hall–Kier alpha value is -2.63. The van der Waals surface area contributed by atoms with Gasteiger partial charge in [-0.3, -0.25) is 9.59 Å². The monoisotopic (exact) mass is 453 g/mol. The Morgan fingerprint density at radius 3 is 2.58 bits per heavy atom. The number of nitrogens with one attached hydrogen (secondary N) is 1. The third-order valence-electron chi connectivity index (χ3n) is 7.20. The van der Waals surface area contributed by atoms with E-state index in [1.165, 1.54) is 5.57 Å². The number of benzene rings is 1. The number of rotatable bonds is 9. The zero-order valence-electron chi connectivity index (χ0n) is 20.9. The second-order valence-corrected chi connectivity index (χ2v) is 10.9. The first-order valence-electron chi connectivity index (χ1n) is 12.0. The van der Waals surface area contributed by atoms with Crippen molar-refractivity contribution < 1.29 is 14.7 Å². The number of nitrogens with zero attached hydrogens (tertiary/aromatic N) is 2. The van der Waals surface area contributed by atoms with Gasteiger partial charge in [0.25, 0.3) is 0 Å². The molecule has 180 valence electrons. The van der Waals surface area contributed by atoms with Gasteiger partial charge in [0.15, 0.2) is 0 Å². The maximum absolute atomic E-state index is 12.5. The fraction of sp³-hybridized carbons (Fsp3) is 0.593. The summed E-state index contributed by atoms with van der Waals surface area (Å²) in [7, 11) is 2.09. The Labute approximate surface area is 197 Å². The fourth-order valence-electron chi connectivity index (χ4n) is 5.31. The van der Waals surface area contributed by atoms with Crippen molar-refractivity contribution in [3.8, 4) is 0 Å². The van der Waals surface area contributed by atoms with Gasteiger partial charge in [0.05, 0.1) is 17.5 Å². The van der Waals surface area contributed by atoms with Gasteiger partial charge in [0.2, 0.25) is 5.91 Å². The Kier molecular flexibility index (Phi) is 7.65. The van der Waals surface area contributed by atoms with Crippen LogP contribution >= 0.6 is 0 Å². The van der Waals surface area contributed by atoms with E-state index in [2.05, 4.69) is 62.0 Å². The van der Waals surface area contributed by atoms with Crippen LogP contribution in [-0.4, -0.2) is 33.1 Å². The van der Waals surface area contributed by atoms with Crippen LogP contribution in [0.3, 0.4) is 0 Å². The van der Waals surface area contributed by atoms with Crippen molar-refractivity contribution in [3.63, 3.8) is 0 Å². The van der Waals surface area contributed by atoms with Crippen molar-refractivity contribution in [1.82, 2.24) is 14.9 Å². The summed E-state index contributed by atoms with van der Waals surface area (Å²) in [6.45, 7) is 11.0. The molecule has 3 rings (SSSR count). The molecule has 6 nitrogen and oxygen atoms in total. The third kappa shape index (κ3) is 6.24. The molecule has 0 unspecified atom stereocenters. The van der Waals surface area contributed by atoms with Gasteiger partial charge < -0.3 is 15.0 Å². The first-order valence-corrected chi connectivity index (χ1v) is 12.0. The molecule has 33 heavy (non-hydrogen) atoms. The minimum atomic E-state index is -0.870. The Balaban J connectivity index is 1.68. The molecule has 1 aromatic heterocycles. The van der Waals surface area contributed by atoms with Gasteiger partial charge in [-0.25, -0.2) is 4.98 Å². The number of carboxylic acid groups (broad SMARTS) is 1. The van der Waals surface area contributed by atoms with E-state index in [0.717, 1.165) is 29.7 Å². The van der Waals surface area contributed by atoms with Crippen LogP contribution in [-0.2, 0) is 23.1 Å². The second kappa shape index (κ2) is 10.1. The predicted molar refractivity (Wildman–Crippen MR) is 132 cm³/mol. The first-order chi connectivity index (χ1) is 15.5. The molecule has 0 fully saturated rings. The summed E-state index contributed by atoms with van der Waals surface area (Å²) in [5, 5.41) is 12.1. The van der Waals surface area contributed by atoms with Crippen molar-refractivity contribution in [2.24, 2.45) is 36.1 Å². The topological polar surface area (TPSA) is 84.2 Å². The average Bonchev–Trinajstić information content (AvgIpc) is 3.02. The number of aromatic nitrogens is 2. The van der Waals surface area contributed by atoms with E-state index >= 15 is 0 Å². The molecule has 0 saturated carbocycles. The van der Waals surface area contributed by atoms with Gasteiger partial charge in [0, 0.05) is 26.4 Å². The lowest BCUT2D eigenvalue weighted by molar-refractivity contribution is -0.139. The normalized spacial score (nSPS) is 21.3. The molecule has 0 radical (unpaired) electrons. The lowest BCUT2D eigenvalue weighted by atomic mass is 9.69. The van der Waals surface area contributed by atoms with Crippen molar-refractivity contribution in [2.45, 2.75) is 60.3 Å². The van der Waals surface area contributed by atoms with Crippen LogP contribution in [0.15, 0.2) is 35.9 Å². The minimum Gasteiger partial charge on any atom is -0.481 e. The highest BCUT2D eigenvalue weighted by atomic mass is 16.4. The van der Waals surface area contributed by atoms with Gasteiger partial charge in [-0.1, -0.05) is 51.5 Å². The molecule has 2 N–H and O–H groups in total. The molecule has 1 heterocycles. The van der Waals surface area contributed by atoms with Crippen molar-refractivity contribution in [3.05, 3.63) is 41.7 Å². The third-order valence-corrected chi connectivity index (χ3v) is 7.20. The van der Waals surface area contributed by atoms with E-state index in [-0.39, 0.29) is 24.7 Å². The number of hydrogen-bond donors (Lipinski definition) is 2. The number of amides is 1. The molecule has 1 aromatic carbocycles. The summed E-state index contributed by atoms with van der Waals surface area (Å²) in [5.74, 6) is 1.87. The zero-order chi connectivity index (χ0) is 24.3. The zero-order valence-corrected chi connectivity index (χ0v) is 20.9. The summed E-state index contributed by atoms with van der Waals surface area (Å²) in [5.41, 5.74) is 3.02. The number of allylic oxidation sites excluding steroid dienone is 1. The maximum Gasteiger partial charge on any atom is 0.303 e. The highest BCUT2D eigenvalue weighted by Gasteiger charge is 2.33. The lowest BCUT2D eigenvalue weighted by Gasteiger charge is -2.37. The second-order valence-electron chi connectivity index (χ2n) is 10.9. The van der Waals surface area contributed by atoms with E-state index < -0.39 is 11.4 Å². The van der Waals surface area contributed by atoms with Gasteiger partial charge in [0.1, 0.15) is 5.82 Å². The standard InChI is InChI=1S/C27H39N3O3/c1-17(2)21-12-19(13-24-29-22-9-7-8-10-23(22)30(24)6)18(3)11-20(21)16-28-25(31)14-27(4,5)15-26(32)33/h7-11,17,19-21H,12-16H2,1-6H3,(H,28,31)(H,32,33)/t19-,20-,21-/m0/s1. The smallest absolute Gasteiger partial charge is 0.303 e. The highest BCUT2D eigenvalue weighted by molar-refractivity contribution is 5.78. The number of aliphatic carboxylic acids is 1. The van der Waals surface area contributed by atoms with Crippen LogP contribution in [0.5, 0.6) is 0 Å². The minimum absolute atomic E-state index is 0.0125. The van der Waals surface area contributed by atoms with E-state index in [9.17, 15) is 9.59 Å². The Bertz CT molecular complexity index is 1030. The van der Waals surface area contributed by atoms with Gasteiger partial charge in [-0.15, -0.1) is 0 Å². The number of fused-ring (bicyclic) bond motifs is 1. The summed E-state index contributed by atoms with van der Waals surface area (Å²) < 4.78 is 2.21. The molecule has 3 atom stereocenters. The molecule has 1 aliphatic rings. The molecular formula is C27H39N3O3. The fourth-order valence-corrected chi connectivity index (χ4v) is 5.31. The molecule has 0 saturated heterocycles. The number of aryl methyl sites for hydroxylation is 1. The van der Waals surface area contributed by atoms with E-state index in [1.54, 1.807) is 0 Å². The van der Waals surface area contributed by atoms with Crippen LogP contribution in [0.1, 0.15) is 59.7 Å². The van der Waals surface area contributed by atoms with Gasteiger partial charge >= 0.3 is 5.97 Å². The first kappa shape index (κ1) is 25.0. The molecule has 2 aromatic rings. The number of hydrogen-bond acceptors (Lipinski definition) is 3. The number of carboxylic acids is 1. The number of carbonyl (C=O) groups excluding carboxylic acids is 1. The summed E-state index contributed by atoms with van der Waals surface area (Å²) >= 11 is 0. The predicted octanol–water partition coefficient (Wildman–Crippen LogP) is 4.98. The number of para-hydroxylation sites is 2. The van der Waals surface area contributed by atoms with Crippen LogP contribution in [0.25, 0.3) is 11.0 Å². The molecule has 0 aliphatic heterocycles. The largest absolute Gasteiger partial charge is 0.481 e. The van der Waals surface area contributed by atoms with Crippen LogP contribution in [0.4, 0.5) is 0 Å². The highest BCUT2D eigenvalue weighted by Crippen LogP contribution is 2.39. The maximum atomic E-state index is 12.5. The molecular weight excluding hydrogens is 414 g/mol. The van der Waals surface area contributed by atoms with Gasteiger partial charge in [-0.05, 0) is 54.6 Å². The summed E-state index contributed by atoms with van der Waals surface area (Å²) in [4.78, 5) is 28.5. The number of imidazole rings is 1. The molecule has 1 amide bonds. The van der Waals surface area contributed by atoms with Crippen LogP contribution < -0.4 is 5.32 Å². The Morgan fingerprint density at radius 2 is 1.94 bits per heavy atom. The van der Waals surface area contributed by atoms with Crippen LogP contribution in [0.2, 0.25) is 0 Å². The summed E-state index contributed by atoms with van der Waals surface area (Å²) in [6.07, 6.45) is 4.55.